The molecule has 32 heavy (non-hydrogen) atoms. The molecule has 0 unspecified atom stereocenters. The van der Waals surface area contributed by atoms with E-state index in [1.807, 2.05) is 70.2 Å². The molecular formula is C27H36N2O3. The zero-order valence-electron chi connectivity index (χ0n) is 19.8. The highest BCUT2D eigenvalue weighted by atomic mass is 16.5. The lowest BCUT2D eigenvalue weighted by Crippen LogP contribution is -2.51. The first-order valence-corrected chi connectivity index (χ1v) is 11.7. The topological polar surface area (TPSA) is 58.6 Å². The number of carbonyl (C=O) groups is 2. The Balaban J connectivity index is 1.72. The molecule has 5 heteroatoms. The normalized spacial score (nSPS) is 15.1. The second kappa shape index (κ2) is 11.2. The Bertz CT molecular complexity index is 934. The van der Waals surface area contributed by atoms with Gasteiger partial charge in [0.1, 0.15) is 11.8 Å². The minimum absolute atomic E-state index is 0.0926. The van der Waals surface area contributed by atoms with Gasteiger partial charge in [-0.1, -0.05) is 49.6 Å². The quantitative estimate of drug-likeness (QED) is 0.643. The van der Waals surface area contributed by atoms with E-state index in [0.717, 1.165) is 42.4 Å². The summed E-state index contributed by atoms with van der Waals surface area (Å²) in [6, 6.07) is 13.4. The molecular weight excluding hydrogens is 400 g/mol. The SMILES string of the molecule is Cc1ccc(OCC(=O)N(Cc2ccccc2C)[C@@H](C)C(=O)NC2CCCCC2)cc1C. The molecule has 0 aliphatic heterocycles. The van der Waals surface area contributed by atoms with Gasteiger partial charge in [-0.15, -0.1) is 0 Å². The number of aryl methyl sites for hydroxylation is 3. The van der Waals surface area contributed by atoms with Crippen LogP contribution in [0.15, 0.2) is 42.5 Å². The van der Waals surface area contributed by atoms with Crippen molar-refractivity contribution >= 4 is 11.8 Å². The van der Waals surface area contributed by atoms with Crippen molar-refractivity contribution in [2.45, 2.75) is 78.4 Å². The van der Waals surface area contributed by atoms with Crippen LogP contribution in [0, 0.1) is 20.8 Å². The molecule has 2 amide bonds. The van der Waals surface area contributed by atoms with Gasteiger partial charge in [-0.25, -0.2) is 0 Å². The number of rotatable bonds is 8. The fraction of sp³-hybridized carbons (Fsp3) is 0.481. The van der Waals surface area contributed by atoms with Crippen LogP contribution in [0.2, 0.25) is 0 Å². The van der Waals surface area contributed by atoms with Gasteiger partial charge in [0.25, 0.3) is 5.91 Å². The summed E-state index contributed by atoms with van der Waals surface area (Å²) in [6.45, 7) is 8.17. The number of nitrogens with zero attached hydrogens (tertiary/aromatic N) is 1. The molecule has 1 aliphatic rings. The average molecular weight is 437 g/mol. The average Bonchev–Trinajstić information content (AvgIpc) is 2.79. The monoisotopic (exact) mass is 436 g/mol. The molecule has 172 valence electrons. The molecule has 0 saturated heterocycles. The maximum atomic E-state index is 13.2. The number of hydrogen-bond donors (Lipinski definition) is 1. The Labute approximate surface area is 192 Å². The lowest BCUT2D eigenvalue weighted by atomic mass is 9.95. The van der Waals surface area contributed by atoms with Crippen LogP contribution in [0.25, 0.3) is 0 Å². The van der Waals surface area contributed by atoms with E-state index in [4.69, 9.17) is 4.74 Å². The Morgan fingerprint density at radius 3 is 2.41 bits per heavy atom. The van der Waals surface area contributed by atoms with Crippen LogP contribution in [0.1, 0.15) is 61.3 Å². The highest BCUT2D eigenvalue weighted by Crippen LogP contribution is 2.20. The first-order chi connectivity index (χ1) is 15.3. The molecule has 0 spiro atoms. The molecule has 5 nitrogen and oxygen atoms in total. The molecule has 0 radical (unpaired) electrons. The minimum Gasteiger partial charge on any atom is -0.484 e. The van der Waals surface area contributed by atoms with Crippen LogP contribution >= 0.6 is 0 Å². The summed E-state index contributed by atoms with van der Waals surface area (Å²) >= 11 is 0. The largest absolute Gasteiger partial charge is 0.484 e. The molecule has 0 aromatic heterocycles. The molecule has 3 rings (SSSR count). The lowest BCUT2D eigenvalue weighted by Gasteiger charge is -2.31. The van der Waals surface area contributed by atoms with E-state index < -0.39 is 6.04 Å². The predicted octanol–water partition coefficient (Wildman–Crippen LogP) is 4.86. The zero-order valence-corrected chi connectivity index (χ0v) is 19.8. The molecule has 0 heterocycles. The molecule has 1 atom stereocenters. The van der Waals surface area contributed by atoms with Crippen molar-refractivity contribution in [2.24, 2.45) is 0 Å². The third kappa shape index (κ3) is 6.35. The van der Waals surface area contributed by atoms with Crippen LogP contribution in [-0.4, -0.2) is 35.4 Å². The summed E-state index contributed by atoms with van der Waals surface area (Å²) in [5, 5.41) is 3.17. The highest BCUT2D eigenvalue weighted by molar-refractivity contribution is 5.88. The van der Waals surface area contributed by atoms with Gasteiger partial charge in [-0.2, -0.15) is 0 Å². The molecule has 2 aromatic rings. The van der Waals surface area contributed by atoms with Crippen LogP contribution in [0.5, 0.6) is 5.75 Å². The highest BCUT2D eigenvalue weighted by Gasteiger charge is 2.28. The van der Waals surface area contributed by atoms with Gasteiger partial charge in [-0.05, 0) is 74.9 Å². The summed E-state index contributed by atoms with van der Waals surface area (Å²) in [5.41, 5.74) is 4.43. The van der Waals surface area contributed by atoms with Gasteiger partial charge in [0.15, 0.2) is 6.61 Å². The summed E-state index contributed by atoms with van der Waals surface area (Å²) in [6.07, 6.45) is 5.56. The number of carbonyl (C=O) groups excluding carboxylic acids is 2. The fourth-order valence-corrected chi connectivity index (χ4v) is 4.15. The number of nitrogens with one attached hydrogen (secondary N) is 1. The van der Waals surface area contributed by atoms with Crippen LogP contribution in [0.4, 0.5) is 0 Å². The van der Waals surface area contributed by atoms with Gasteiger partial charge >= 0.3 is 0 Å². The Hall–Kier alpha value is -2.82. The molecule has 1 fully saturated rings. The van der Waals surface area contributed by atoms with Crippen molar-refractivity contribution in [3.63, 3.8) is 0 Å². The second-order valence-electron chi connectivity index (χ2n) is 9.00. The van der Waals surface area contributed by atoms with Crippen molar-refractivity contribution in [1.29, 1.82) is 0 Å². The maximum absolute atomic E-state index is 13.2. The van der Waals surface area contributed by atoms with E-state index in [0.29, 0.717) is 12.3 Å². The Morgan fingerprint density at radius 1 is 1.00 bits per heavy atom. The third-order valence-corrected chi connectivity index (χ3v) is 6.56. The Morgan fingerprint density at radius 2 is 1.72 bits per heavy atom. The molecule has 0 bridgehead atoms. The first-order valence-electron chi connectivity index (χ1n) is 11.7. The summed E-state index contributed by atoms with van der Waals surface area (Å²) in [4.78, 5) is 27.9. The standard InChI is InChI=1S/C27H36N2O3/c1-19-14-15-25(16-21(19)3)32-18-26(30)29(17-23-11-9-8-10-20(23)2)22(4)27(31)28-24-12-6-5-7-13-24/h8-11,14-16,22,24H,5-7,12-13,17-18H2,1-4H3,(H,28,31)/t22-/m0/s1. The summed E-state index contributed by atoms with van der Waals surface area (Å²) < 4.78 is 5.81. The Kier molecular flexibility index (Phi) is 8.32. The minimum atomic E-state index is -0.576. The van der Waals surface area contributed by atoms with Crippen LogP contribution in [0.3, 0.4) is 0 Å². The van der Waals surface area contributed by atoms with Crippen molar-refractivity contribution < 1.29 is 14.3 Å². The number of amides is 2. The van der Waals surface area contributed by atoms with Gasteiger partial charge in [0, 0.05) is 12.6 Å². The van der Waals surface area contributed by atoms with Crippen LogP contribution in [-0.2, 0) is 16.1 Å². The molecule has 1 saturated carbocycles. The fourth-order valence-electron chi connectivity index (χ4n) is 4.15. The van der Waals surface area contributed by atoms with E-state index >= 15 is 0 Å². The number of ether oxygens (including phenoxy) is 1. The van der Waals surface area contributed by atoms with Crippen molar-refractivity contribution in [3.05, 3.63) is 64.7 Å². The van der Waals surface area contributed by atoms with Crippen molar-refractivity contribution in [2.75, 3.05) is 6.61 Å². The van der Waals surface area contributed by atoms with Gasteiger partial charge < -0.3 is 15.0 Å². The molecule has 1 N–H and O–H groups in total. The number of hydrogen-bond acceptors (Lipinski definition) is 3. The van der Waals surface area contributed by atoms with E-state index in [-0.39, 0.29) is 24.5 Å². The van der Waals surface area contributed by atoms with Gasteiger partial charge in [0.05, 0.1) is 0 Å². The number of benzene rings is 2. The molecule has 1 aliphatic carbocycles. The lowest BCUT2D eigenvalue weighted by molar-refractivity contribution is -0.142. The molecule has 2 aromatic carbocycles. The van der Waals surface area contributed by atoms with Gasteiger partial charge in [-0.3, -0.25) is 9.59 Å². The van der Waals surface area contributed by atoms with Crippen LogP contribution < -0.4 is 10.1 Å². The summed E-state index contributed by atoms with van der Waals surface area (Å²) in [5.74, 6) is 0.374. The zero-order chi connectivity index (χ0) is 23.1. The second-order valence-corrected chi connectivity index (χ2v) is 9.00. The smallest absolute Gasteiger partial charge is 0.261 e. The van der Waals surface area contributed by atoms with Crippen molar-refractivity contribution in [1.82, 2.24) is 10.2 Å². The predicted molar refractivity (Wildman–Crippen MR) is 128 cm³/mol. The van der Waals surface area contributed by atoms with E-state index in [1.54, 1.807) is 4.90 Å². The summed E-state index contributed by atoms with van der Waals surface area (Å²) in [7, 11) is 0. The first kappa shape index (κ1) is 23.8. The third-order valence-electron chi connectivity index (χ3n) is 6.56. The van der Waals surface area contributed by atoms with Crippen molar-refractivity contribution in [3.8, 4) is 5.75 Å². The van der Waals surface area contributed by atoms with E-state index in [9.17, 15) is 9.59 Å². The van der Waals surface area contributed by atoms with E-state index in [1.165, 1.54) is 12.0 Å². The van der Waals surface area contributed by atoms with Gasteiger partial charge in [0.2, 0.25) is 5.91 Å². The maximum Gasteiger partial charge on any atom is 0.261 e. The van der Waals surface area contributed by atoms with E-state index in [2.05, 4.69) is 5.32 Å².